The Labute approximate surface area is 109 Å². The second-order valence-corrected chi connectivity index (χ2v) is 5.67. The number of hydrogen-bond acceptors (Lipinski definition) is 3. The predicted molar refractivity (Wildman–Crippen MR) is 53.8 cm³/mol. The highest BCUT2D eigenvalue weighted by Crippen LogP contribution is 2.36. The summed E-state index contributed by atoms with van der Waals surface area (Å²) in [4.78, 5) is -1.85. The molecule has 1 aromatic carbocycles. The maximum absolute atomic E-state index is 13.5. The van der Waals surface area contributed by atoms with Crippen molar-refractivity contribution in [2.75, 3.05) is 14.1 Å². The van der Waals surface area contributed by atoms with Crippen LogP contribution in [-0.2, 0) is 10.0 Å². The van der Waals surface area contributed by atoms with Crippen LogP contribution >= 0.6 is 0 Å². The Morgan fingerprint density at radius 3 is 1.80 bits per heavy atom. The first-order valence-electron chi connectivity index (χ1n) is 4.75. The van der Waals surface area contributed by atoms with Crippen molar-refractivity contribution < 1.29 is 39.5 Å². The predicted octanol–water partition coefficient (Wildman–Crippen LogP) is 2.09. The number of ether oxygens (including phenoxy) is 1. The zero-order valence-electron chi connectivity index (χ0n) is 9.93. The molecular weight excluding hydrogens is 316 g/mol. The summed E-state index contributed by atoms with van der Waals surface area (Å²) in [5.41, 5.74) is 0. The van der Waals surface area contributed by atoms with E-state index in [1.165, 1.54) is 0 Å². The molecule has 20 heavy (non-hydrogen) atoms. The summed E-state index contributed by atoms with van der Waals surface area (Å²) >= 11 is 0. The van der Waals surface area contributed by atoms with Crippen LogP contribution in [0.25, 0.3) is 0 Å². The first-order valence-corrected chi connectivity index (χ1v) is 6.19. The molecule has 0 bridgehead atoms. The van der Waals surface area contributed by atoms with Crippen LogP contribution in [0.3, 0.4) is 0 Å². The fourth-order valence-electron chi connectivity index (χ4n) is 1.20. The minimum Gasteiger partial charge on any atom is -0.430 e. The molecule has 0 aliphatic carbocycles. The van der Waals surface area contributed by atoms with Crippen molar-refractivity contribution in [1.29, 1.82) is 0 Å². The number of rotatable bonds is 4. The lowest BCUT2D eigenvalue weighted by atomic mass is 10.3. The van der Waals surface area contributed by atoms with Crippen molar-refractivity contribution in [3.63, 3.8) is 0 Å². The van der Waals surface area contributed by atoms with Crippen LogP contribution in [0.5, 0.6) is 5.75 Å². The fourth-order valence-corrected chi connectivity index (χ4v) is 2.25. The summed E-state index contributed by atoms with van der Waals surface area (Å²) in [5.74, 6) is -11.6. The van der Waals surface area contributed by atoms with Crippen LogP contribution in [0.1, 0.15) is 0 Å². The molecule has 0 radical (unpaired) electrons. The van der Waals surface area contributed by atoms with E-state index in [4.69, 9.17) is 0 Å². The van der Waals surface area contributed by atoms with Gasteiger partial charge in [-0.3, -0.25) is 0 Å². The highest BCUT2D eigenvalue weighted by atomic mass is 32.2. The van der Waals surface area contributed by atoms with Gasteiger partial charge in [-0.15, -0.1) is 0 Å². The molecule has 0 atom stereocenters. The third-order valence-electron chi connectivity index (χ3n) is 2.13. The lowest BCUT2D eigenvalue weighted by molar-refractivity contribution is -0.0551. The van der Waals surface area contributed by atoms with E-state index in [0.717, 1.165) is 14.1 Å². The molecule has 1 rings (SSSR count). The summed E-state index contributed by atoms with van der Waals surface area (Å²) in [6, 6.07) is 0. The monoisotopic (exact) mass is 323 g/mol. The summed E-state index contributed by atoms with van der Waals surface area (Å²) in [6.45, 7) is -3.77. The molecule has 0 heterocycles. The molecule has 1 aromatic rings. The van der Waals surface area contributed by atoms with Crippen molar-refractivity contribution in [3.05, 3.63) is 23.3 Å². The molecule has 0 aliphatic rings. The number of alkyl halides is 2. The van der Waals surface area contributed by atoms with Gasteiger partial charge in [-0.05, 0) is 0 Å². The SMILES string of the molecule is CN(C)S(=O)(=O)c1c(F)c(F)c(F)c(F)c1OC(F)F. The maximum atomic E-state index is 13.5. The third kappa shape index (κ3) is 2.68. The van der Waals surface area contributed by atoms with Gasteiger partial charge in [-0.1, -0.05) is 0 Å². The van der Waals surface area contributed by atoms with Gasteiger partial charge in [0.25, 0.3) is 0 Å². The van der Waals surface area contributed by atoms with Gasteiger partial charge in [0.1, 0.15) is 0 Å². The minimum atomic E-state index is -4.89. The Morgan fingerprint density at radius 1 is 0.950 bits per heavy atom. The Balaban J connectivity index is 3.81. The van der Waals surface area contributed by atoms with Gasteiger partial charge >= 0.3 is 6.61 Å². The van der Waals surface area contributed by atoms with E-state index in [1.54, 1.807) is 0 Å². The van der Waals surface area contributed by atoms with Crippen LogP contribution in [0, 0.1) is 23.3 Å². The number of nitrogens with zero attached hydrogens (tertiary/aromatic N) is 1. The zero-order valence-corrected chi connectivity index (χ0v) is 10.7. The molecule has 0 fully saturated rings. The molecule has 114 valence electrons. The van der Waals surface area contributed by atoms with E-state index in [1.807, 2.05) is 0 Å². The van der Waals surface area contributed by atoms with Crippen LogP contribution in [0.4, 0.5) is 26.3 Å². The van der Waals surface area contributed by atoms with E-state index in [0.29, 0.717) is 4.31 Å². The van der Waals surface area contributed by atoms with Crippen LogP contribution in [-0.4, -0.2) is 33.4 Å². The van der Waals surface area contributed by atoms with E-state index >= 15 is 0 Å². The van der Waals surface area contributed by atoms with Crippen molar-refractivity contribution in [2.45, 2.75) is 11.5 Å². The van der Waals surface area contributed by atoms with Gasteiger partial charge in [0.15, 0.2) is 22.3 Å². The third-order valence-corrected chi connectivity index (χ3v) is 3.97. The van der Waals surface area contributed by atoms with Gasteiger partial charge < -0.3 is 4.74 Å². The Hall–Kier alpha value is -1.49. The molecule has 0 aliphatic heterocycles. The molecule has 0 saturated carbocycles. The summed E-state index contributed by atoms with van der Waals surface area (Å²) in [7, 11) is -3.20. The lowest BCUT2D eigenvalue weighted by Crippen LogP contribution is -2.26. The molecule has 0 amide bonds. The molecule has 4 nitrogen and oxygen atoms in total. The van der Waals surface area contributed by atoms with Gasteiger partial charge in [0.05, 0.1) is 0 Å². The summed E-state index contributed by atoms with van der Waals surface area (Å²) < 4.78 is 104. The molecule has 11 heteroatoms. The standard InChI is InChI=1S/C9H7F6NO3S/c1-16(2)20(17,18)8-6(13)4(11)3(10)5(12)7(8)19-9(14)15/h9H,1-2H3. The number of sulfonamides is 1. The first-order chi connectivity index (χ1) is 9.01. The molecule has 0 N–H and O–H groups in total. The van der Waals surface area contributed by atoms with Crippen molar-refractivity contribution in [2.24, 2.45) is 0 Å². The number of hydrogen-bond donors (Lipinski definition) is 0. The Kier molecular flexibility index (Phi) is 4.54. The second kappa shape index (κ2) is 5.48. The van der Waals surface area contributed by atoms with Gasteiger partial charge in [-0.25, -0.2) is 25.9 Å². The zero-order chi connectivity index (χ0) is 15.8. The van der Waals surface area contributed by atoms with Gasteiger partial charge in [0.2, 0.25) is 21.7 Å². The molecule has 0 spiro atoms. The van der Waals surface area contributed by atoms with E-state index in [2.05, 4.69) is 4.74 Å². The normalized spacial score (nSPS) is 12.3. The van der Waals surface area contributed by atoms with E-state index < -0.39 is 50.5 Å². The highest BCUT2D eigenvalue weighted by Gasteiger charge is 2.36. The minimum absolute atomic E-state index is 0.292. The largest absolute Gasteiger partial charge is 0.430 e. The van der Waals surface area contributed by atoms with Crippen molar-refractivity contribution >= 4 is 10.0 Å². The molecule has 0 aromatic heterocycles. The topological polar surface area (TPSA) is 46.6 Å². The van der Waals surface area contributed by atoms with Gasteiger partial charge in [0, 0.05) is 14.1 Å². The average molecular weight is 323 g/mol. The maximum Gasteiger partial charge on any atom is 0.387 e. The second-order valence-electron chi connectivity index (χ2n) is 3.58. The van der Waals surface area contributed by atoms with Crippen molar-refractivity contribution in [1.82, 2.24) is 4.31 Å². The van der Waals surface area contributed by atoms with E-state index in [9.17, 15) is 34.8 Å². The first kappa shape index (κ1) is 16.6. The Bertz CT molecular complexity index is 631. The fraction of sp³-hybridized carbons (Fsp3) is 0.333. The van der Waals surface area contributed by atoms with Crippen molar-refractivity contribution in [3.8, 4) is 5.75 Å². The quantitative estimate of drug-likeness (QED) is 0.484. The summed E-state index contributed by atoms with van der Waals surface area (Å²) in [6.07, 6.45) is 0. The van der Waals surface area contributed by atoms with E-state index in [-0.39, 0.29) is 0 Å². The van der Waals surface area contributed by atoms with Gasteiger partial charge in [-0.2, -0.15) is 13.2 Å². The van der Waals surface area contributed by atoms with Crippen LogP contribution in [0.2, 0.25) is 0 Å². The number of benzene rings is 1. The van der Waals surface area contributed by atoms with Crippen LogP contribution in [0.15, 0.2) is 4.90 Å². The average Bonchev–Trinajstić information content (AvgIpc) is 2.32. The molecular formula is C9H7F6NO3S. The smallest absolute Gasteiger partial charge is 0.387 e. The lowest BCUT2D eigenvalue weighted by Gasteiger charge is -2.17. The molecule has 0 saturated heterocycles. The Morgan fingerprint density at radius 2 is 1.40 bits per heavy atom. The van der Waals surface area contributed by atoms with Crippen LogP contribution < -0.4 is 4.74 Å². The molecule has 0 unspecified atom stereocenters. The summed E-state index contributed by atoms with van der Waals surface area (Å²) in [5, 5.41) is 0. The number of halogens is 6. The highest BCUT2D eigenvalue weighted by molar-refractivity contribution is 7.89.